The van der Waals surface area contributed by atoms with E-state index in [2.05, 4.69) is 20.8 Å². The molecule has 2 N–H and O–H groups in total. The van der Waals surface area contributed by atoms with Gasteiger partial charge in [-0.05, 0) is 19.3 Å². The van der Waals surface area contributed by atoms with Crippen molar-refractivity contribution in [3.8, 4) is 0 Å². The Morgan fingerprint density at radius 1 is 0.444 bits per heavy atom. The minimum Gasteiger partial charge on any atom is -0.481 e. The molecular weight excluding hydrogens is 444 g/mol. The highest BCUT2D eigenvalue weighted by Crippen LogP contribution is 2.19. The van der Waals surface area contributed by atoms with Crippen LogP contribution in [0.15, 0.2) is 0 Å². The van der Waals surface area contributed by atoms with Crippen LogP contribution in [0.1, 0.15) is 194 Å². The van der Waals surface area contributed by atoms with Crippen LogP contribution in [0.25, 0.3) is 0 Å². The van der Waals surface area contributed by atoms with E-state index in [9.17, 15) is 9.90 Å². The highest BCUT2D eigenvalue weighted by Gasteiger charge is 2.16. The molecule has 1 atom stereocenters. The minimum atomic E-state index is -0.583. The predicted octanol–water partition coefficient (Wildman–Crippen LogP) is 11.3. The number of hydrogen-bond donors (Lipinski definition) is 2. The van der Waals surface area contributed by atoms with Gasteiger partial charge in [-0.3, -0.25) is 4.79 Å². The molecule has 0 aromatic rings. The molecule has 0 rings (SSSR count). The zero-order chi connectivity index (χ0) is 27.0. The van der Waals surface area contributed by atoms with Crippen molar-refractivity contribution in [2.24, 2.45) is 5.92 Å². The minimum absolute atomic E-state index is 0.0898. The van der Waals surface area contributed by atoms with Crippen LogP contribution >= 0.6 is 0 Å². The molecule has 0 saturated carbocycles. The molecule has 0 bridgehead atoms. The van der Waals surface area contributed by atoms with Gasteiger partial charge in [0, 0.05) is 6.61 Å². The van der Waals surface area contributed by atoms with E-state index in [1.54, 1.807) is 0 Å². The van der Waals surface area contributed by atoms with Crippen molar-refractivity contribution in [1.29, 1.82) is 0 Å². The molecule has 3 heteroatoms. The van der Waals surface area contributed by atoms with E-state index in [1.165, 1.54) is 141 Å². The Morgan fingerprint density at radius 3 is 0.972 bits per heavy atom. The van der Waals surface area contributed by atoms with Gasteiger partial charge in [0.15, 0.2) is 0 Å². The first-order chi connectivity index (χ1) is 17.6. The summed E-state index contributed by atoms with van der Waals surface area (Å²) in [6, 6.07) is 0. The molecule has 0 radical (unpaired) electrons. The Hall–Kier alpha value is -0.570. The van der Waals surface area contributed by atoms with Gasteiger partial charge in [-0.15, -0.1) is 0 Å². The quantitative estimate of drug-likeness (QED) is 0.102. The lowest BCUT2D eigenvalue weighted by atomic mass is 9.94. The summed E-state index contributed by atoms with van der Waals surface area (Å²) in [5.41, 5.74) is 0. The van der Waals surface area contributed by atoms with E-state index in [-0.39, 0.29) is 5.92 Å². The first-order valence-electron chi connectivity index (χ1n) is 16.5. The van der Waals surface area contributed by atoms with E-state index >= 15 is 0 Å². The van der Waals surface area contributed by atoms with Crippen LogP contribution in [0.3, 0.4) is 0 Å². The number of aliphatic hydroxyl groups is 1. The van der Waals surface area contributed by atoms with Gasteiger partial charge in [-0.25, -0.2) is 0 Å². The van der Waals surface area contributed by atoms with Gasteiger partial charge in [0.05, 0.1) is 5.92 Å². The number of hydrogen-bond acceptors (Lipinski definition) is 2. The molecule has 0 aromatic carbocycles. The average Bonchev–Trinajstić information content (AvgIpc) is 2.87. The highest BCUT2D eigenvalue weighted by atomic mass is 16.4. The summed E-state index contributed by atoms with van der Waals surface area (Å²) >= 11 is 0. The van der Waals surface area contributed by atoms with Crippen molar-refractivity contribution in [1.82, 2.24) is 0 Å². The van der Waals surface area contributed by atoms with Crippen molar-refractivity contribution in [2.75, 3.05) is 6.61 Å². The number of aliphatic carboxylic acids is 1. The molecule has 0 aromatic heterocycles. The summed E-state index contributed by atoms with van der Waals surface area (Å²) in [7, 11) is 0. The molecule has 0 fully saturated rings. The third kappa shape index (κ3) is 33.4. The number of rotatable bonds is 28. The molecular formula is C33H68O3. The number of carboxylic acids is 1. The molecule has 0 heterocycles. The van der Waals surface area contributed by atoms with Gasteiger partial charge in [-0.2, -0.15) is 0 Å². The lowest BCUT2D eigenvalue weighted by Crippen LogP contribution is -2.13. The Balaban J connectivity index is 0. The smallest absolute Gasteiger partial charge is 0.306 e. The standard InChI is InChI=1S/C17H36O.C16H32O2/c1-2-3-4-5-6-7-8-9-10-11-12-13-14-15-16-17-18;1-3-5-7-9-10-12-14-15(16(17)18)13-11-8-6-4-2/h18H,2-17H2,1H3;15H,3-14H2,1-2H3,(H,17,18). The monoisotopic (exact) mass is 513 g/mol. The number of carboxylic acid groups (broad SMARTS) is 1. The predicted molar refractivity (Wildman–Crippen MR) is 160 cm³/mol. The van der Waals surface area contributed by atoms with Crippen LogP contribution in [0.5, 0.6) is 0 Å². The Morgan fingerprint density at radius 2 is 0.694 bits per heavy atom. The number of unbranched alkanes of at least 4 members (excludes halogenated alkanes) is 22. The summed E-state index contributed by atoms with van der Waals surface area (Å²) in [5, 5.41) is 17.8. The van der Waals surface area contributed by atoms with Gasteiger partial charge < -0.3 is 10.2 Å². The third-order valence-electron chi connectivity index (χ3n) is 7.42. The van der Waals surface area contributed by atoms with E-state index in [0.29, 0.717) is 6.61 Å². The molecule has 36 heavy (non-hydrogen) atoms. The van der Waals surface area contributed by atoms with Gasteiger partial charge in [-0.1, -0.05) is 175 Å². The van der Waals surface area contributed by atoms with Crippen molar-refractivity contribution in [3.63, 3.8) is 0 Å². The summed E-state index contributed by atoms with van der Waals surface area (Å²) < 4.78 is 0. The Labute approximate surface area is 227 Å². The zero-order valence-electron chi connectivity index (χ0n) is 25.2. The SMILES string of the molecule is CCCCCCCCC(CCCCCC)C(=O)O.CCCCCCCCCCCCCCCCCO. The van der Waals surface area contributed by atoms with Crippen molar-refractivity contribution in [2.45, 2.75) is 194 Å². The van der Waals surface area contributed by atoms with Crippen molar-refractivity contribution in [3.05, 3.63) is 0 Å². The van der Waals surface area contributed by atoms with Gasteiger partial charge in [0.25, 0.3) is 0 Å². The van der Waals surface area contributed by atoms with Crippen LogP contribution in [0.4, 0.5) is 0 Å². The summed E-state index contributed by atoms with van der Waals surface area (Å²) in [6.07, 6.45) is 34.7. The van der Waals surface area contributed by atoms with Crippen molar-refractivity contribution < 1.29 is 15.0 Å². The van der Waals surface area contributed by atoms with E-state index in [1.807, 2.05) is 0 Å². The summed E-state index contributed by atoms with van der Waals surface area (Å²) in [4.78, 5) is 11.1. The van der Waals surface area contributed by atoms with Crippen LogP contribution < -0.4 is 0 Å². The maximum absolute atomic E-state index is 11.1. The Kier molecular flexibility index (Phi) is 35.9. The number of carbonyl (C=O) groups is 1. The molecule has 0 saturated heterocycles. The summed E-state index contributed by atoms with van der Waals surface area (Å²) in [6.45, 7) is 7.06. The Bertz CT molecular complexity index is 380. The maximum atomic E-state index is 11.1. The van der Waals surface area contributed by atoms with Crippen LogP contribution in [0.2, 0.25) is 0 Å². The molecule has 0 amide bonds. The lowest BCUT2D eigenvalue weighted by molar-refractivity contribution is -0.142. The fraction of sp³-hybridized carbons (Fsp3) is 0.970. The van der Waals surface area contributed by atoms with Gasteiger partial charge in [0.1, 0.15) is 0 Å². The second-order valence-corrected chi connectivity index (χ2v) is 11.1. The van der Waals surface area contributed by atoms with Gasteiger partial charge in [0.2, 0.25) is 0 Å². The number of aliphatic hydroxyl groups excluding tert-OH is 1. The molecule has 1 unspecified atom stereocenters. The topological polar surface area (TPSA) is 57.5 Å². The molecule has 0 aliphatic heterocycles. The molecule has 218 valence electrons. The molecule has 3 nitrogen and oxygen atoms in total. The van der Waals surface area contributed by atoms with Crippen molar-refractivity contribution >= 4 is 5.97 Å². The first kappa shape index (κ1) is 37.6. The average molecular weight is 513 g/mol. The van der Waals surface area contributed by atoms with E-state index in [4.69, 9.17) is 5.11 Å². The second kappa shape index (κ2) is 34.4. The molecule has 0 spiro atoms. The maximum Gasteiger partial charge on any atom is 0.306 e. The lowest BCUT2D eigenvalue weighted by Gasteiger charge is -2.11. The normalized spacial score (nSPS) is 11.8. The first-order valence-corrected chi connectivity index (χ1v) is 16.5. The molecule has 0 aliphatic carbocycles. The van der Waals surface area contributed by atoms with E-state index in [0.717, 1.165) is 32.1 Å². The highest BCUT2D eigenvalue weighted by molar-refractivity contribution is 5.69. The van der Waals surface area contributed by atoms with Crippen LogP contribution in [0, 0.1) is 5.92 Å². The van der Waals surface area contributed by atoms with Crippen LogP contribution in [-0.4, -0.2) is 22.8 Å². The third-order valence-corrected chi connectivity index (χ3v) is 7.42. The second-order valence-electron chi connectivity index (χ2n) is 11.1. The van der Waals surface area contributed by atoms with Crippen LogP contribution in [-0.2, 0) is 4.79 Å². The van der Waals surface area contributed by atoms with Gasteiger partial charge >= 0.3 is 5.97 Å². The fourth-order valence-electron chi connectivity index (χ4n) is 4.86. The van der Waals surface area contributed by atoms with E-state index < -0.39 is 5.97 Å². The zero-order valence-corrected chi connectivity index (χ0v) is 25.2. The summed E-state index contributed by atoms with van der Waals surface area (Å²) in [5.74, 6) is -0.673. The largest absolute Gasteiger partial charge is 0.481 e. The molecule has 0 aliphatic rings. The fourth-order valence-corrected chi connectivity index (χ4v) is 4.86.